The number of anilines is 1. The van der Waals surface area contributed by atoms with Crippen molar-refractivity contribution < 1.29 is 26.9 Å². The van der Waals surface area contributed by atoms with E-state index in [0.717, 1.165) is 12.3 Å². The molecule has 0 spiro atoms. The lowest BCUT2D eigenvalue weighted by molar-refractivity contribution is -0.118. The van der Waals surface area contributed by atoms with Gasteiger partial charge in [0.25, 0.3) is 5.91 Å². The fourth-order valence-electron chi connectivity index (χ4n) is 1.45. The fourth-order valence-corrected chi connectivity index (χ4v) is 2.08. The van der Waals surface area contributed by atoms with Crippen molar-refractivity contribution >= 4 is 22.7 Å². The summed E-state index contributed by atoms with van der Waals surface area (Å²) in [5.74, 6) is -0.605. The molecule has 0 saturated carbocycles. The number of carbonyl (C=O) groups is 1. The molecule has 118 valence electrons. The van der Waals surface area contributed by atoms with E-state index in [1.165, 1.54) is 0 Å². The molecule has 1 unspecified atom stereocenters. The minimum atomic E-state index is -4.98. The van der Waals surface area contributed by atoms with Crippen LogP contribution in [0.2, 0.25) is 0 Å². The second-order valence-electron chi connectivity index (χ2n) is 3.93. The zero-order valence-corrected chi connectivity index (χ0v) is 11.7. The van der Waals surface area contributed by atoms with Gasteiger partial charge in [-0.15, -0.1) is 0 Å². The number of hydrogen-bond acceptors (Lipinski definition) is 4. The number of halogens is 3. The number of ether oxygens (including phenoxy) is 1. The lowest BCUT2D eigenvalue weighted by Gasteiger charge is -2.10. The number of nitrogens with one attached hydrogen (secondary N) is 1. The first kappa shape index (κ1) is 16.0. The van der Waals surface area contributed by atoms with Gasteiger partial charge in [-0.1, -0.05) is 18.2 Å². The van der Waals surface area contributed by atoms with Crippen molar-refractivity contribution in [2.24, 2.45) is 0 Å². The van der Waals surface area contributed by atoms with Gasteiger partial charge in [-0.2, -0.15) is 22.4 Å². The van der Waals surface area contributed by atoms with E-state index >= 15 is 0 Å². The van der Waals surface area contributed by atoms with Gasteiger partial charge in [0, 0.05) is 6.07 Å². The molecule has 1 aromatic carbocycles. The molecule has 2 rings (SSSR count). The number of nitrogens with zero attached hydrogens (tertiary/aromatic N) is 2. The first-order valence-electron chi connectivity index (χ1n) is 5.89. The Hall–Kier alpha value is -2.36. The average molecular weight is 333 g/mol. The van der Waals surface area contributed by atoms with Crippen LogP contribution in [-0.2, 0) is 15.8 Å². The number of para-hydroxylation sites is 1. The fraction of sp³-hybridized carbons (Fsp3) is 0.167. The second-order valence-corrected chi connectivity index (χ2v) is 5.24. The molecule has 2 aromatic rings. The number of hydrogen-bond donors (Lipinski definition) is 1. The third-order valence-electron chi connectivity index (χ3n) is 2.35. The highest BCUT2D eigenvalue weighted by Gasteiger charge is 2.40. The van der Waals surface area contributed by atoms with Gasteiger partial charge < -0.3 is 10.1 Å². The number of rotatable bonds is 5. The standard InChI is InChI=1S/C12H10F3N3O3S/c13-12(14,15)22(20)18-10(6-7-16-18)17-11(19)8-21-9-4-2-1-3-5-9/h1-7H,8H2,(H,17,19). The minimum absolute atomic E-state index is 0.181. The van der Waals surface area contributed by atoms with Crippen molar-refractivity contribution in [3.63, 3.8) is 0 Å². The monoisotopic (exact) mass is 333 g/mol. The first-order chi connectivity index (χ1) is 10.4. The molecule has 1 heterocycles. The Morgan fingerprint density at radius 1 is 1.27 bits per heavy atom. The summed E-state index contributed by atoms with van der Waals surface area (Å²) in [6, 6.07) is 9.51. The Balaban J connectivity index is 1.98. The van der Waals surface area contributed by atoms with Crippen LogP contribution in [-0.4, -0.2) is 31.4 Å². The first-order valence-corrected chi connectivity index (χ1v) is 6.99. The van der Waals surface area contributed by atoms with Crippen LogP contribution in [0, 0.1) is 0 Å². The summed E-state index contributed by atoms with van der Waals surface area (Å²) in [6.45, 7) is -0.409. The maximum atomic E-state index is 12.4. The van der Waals surface area contributed by atoms with Crippen molar-refractivity contribution in [3.05, 3.63) is 42.6 Å². The van der Waals surface area contributed by atoms with E-state index in [4.69, 9.17) is 4.74 Å². The van der Waals surface area contributed by atoms with Gasteiger partial charge >= 0.3 is 5.51 Å². The van der Waals surface area contributed by atoms with Crippen molar-refractivity contribution in [2.75, 3.05) is 11.9 Å². The molecule has 0 fully saturated rings. The summed E-state index contributed by atoms with van der Waals surface area (Å²) in [4.78, 5) is 11.7. The van der Waals surface area contributed by atoms with Gasteiger partial charge in [-0.3, -0.25) is 4.79 Å². The number of amides is 1. The molecule has 0 bridgehead atoms. The zero-order valence-electron chi connectivity index (χ0n) is 10.9. The maximum absolute atomic E-state index is 12.4. The Bertz CT molecular complexity index is 673. The highest BCUT2D eigenvalue weighted by atomic mass is 32.2. The average Bonchev–Trinajstić information content (AvgIpc) is 2.92. The normalized spacial score (nSPS) is 12.7. The van der Waals surface area contributed by atoms with Crippen molar-refractivity contribution in [2.45, 2.75) is 5.51 Å². The van der Waals surface area contributed by atoms with Crippen LogP contribution in [0.4, 0.5) is 19.0 Å². The Morgan fingerprint density at radius 2 is 1.95 bits per heavy atom. The molecule has 0 aliphatic heterocycles. The summed E-state index contributed by atoms with van der Waals surface area (Å²) in [5, 5.41) is 5.45. The molecule has 10 heteroatoms. The van der Waals surface area contributed by atoms with E-state index in [1.54, 1.807) is 30.3 Å². The Labute approximate surface area is 125 Å². The molecule has 6 nitrogen and oxygen atoms in total. The SMILES string of the molecule is O=C(COc1ccccc1)Nc1ccnn1S(=O)C(F)(F)F. The van der Waals surface area contributed by atoms with E-state index in [0.29, 0.717) is 5.75 Å². The quantitative estimate of drug-likeness (QED) is 0.907. The zero-order chi connectivity index (χ0) is 16.2. The van der Waals surface area contributed by atoms with Crippen LogP contribution >= 0.6 is 0 Å². The largest absolute Gasteiger partial charge is 0.492 e. The smallest absolute Gasteiger partial charge is 0.484 e. The van der Waals surface area contributed by atoms with E-state index in [2.05, 4.69) is 10.4 Å². The molecular formula is C12H10F3N3O3S. The van der Waals surface area contributed by atoms with Gasteiger partial charge in [0.05, 0.1) is 6.20 Å². The molecule has 0 aliphatic rings. The molecule has 0 radical (unpaired) electrons. The van der Waals surface area contributed by atoms with Gasteiger partial charge in [-0.05, 0) is 12.1 Å². The molecule has 1 aromatic heterocycles. The van der Waals surface area contributed by atoms with Crippen LogP contribution in [0.1, 0.15) is 0 Å². The van der Waals surface area contributed by atoms with Crippen LogP contribution < -0.4 is 10.1 Å². The third kappa shape index (κ3) is 4.07. The van der Waals surface area contributed by atoms with Gasteiger partial charge in [0.1, 0.15) is 11.6 Å². The van der Waals surface area contributed by atoms with Gasteiger partial charge in [0.15, 0.2) is 6.61 Å². The van der Waals surface area contributed by atoms with E-state index < -0.39 is 29.0 Å². The van der Waals surface area contributed by atoms with Crippen LogP contribution in [0.15, 0.2) is 42.6 Å². The van der Waals surface area contributed by atoms with E-state index in [1.807, 2.05) is 0 Å². The van der Waals surface area contributed by atoms with E-state index in [-0.39, 0.29) is 9.90 Å². The topological polar surface area (TPSA) is 73.2 Å². The van der Waals surface area contributed by atoms with Crippen molar-refractivity contribution in [1.29, 1.82) is 0 Å². The second kappa shape index (κ2) is 6.60. The minimum Gasteiger partial charge on any atom is -0.484 e. The lowest BCUT2D eigenvalue weighted by Crippen LogP contribution is -2.27. The van der Waals surface area contributed by atoms with Crippen LogP contribution in [0.25, 0.3) is 0 Å². The molecule has 1 N–H and O–H groups in total. The summed E-state index contributed by atoms with van der Waals surface area (Å²) in [7, 11) is -3.39. The molecule has 22 heavy (non-hydrogen) atoms. The van der Waals surface area contributed by atoms with Crippen molar-refractivity contribution in [1.82, 2.24) is 9.19 Å². The molecule has 1 amide bonds. The predicted octanol–water partition coefficient (Wildman–Crippen LogP) is 1.93. The predicted molar refractivity (Wildman–Crippen MR) is 72.4 cm³/mol. The van der Waals surface area contributed by atoms with Gasteiger partial charge in [-0.25, -0.2) is 4.21 Å². The van der Waals surface area contributed by atoms with Crippen LogP contribution in [0.3, 0.4) is 0 Å². The summed E-state index contributed by atoms with van der Waals surface area (Å²) in [6.07, 6.45) is 0.997. The molecule has 0 saturated heterocycles. The van der Waals surface area contributed by atoms with Crippen LogP contribution in [0.5, 0.6) is 5.75 Å². The van der Waals surface area contributed by atoms with Gasteiger partial charge in [0.2, 0.25) is 11.0 Å². The van der Waals surface area contributed by atoms with E-state index in [9.17, 15) is 22.2 Å². The Morgan fingerprint density at radius 3 is 2.59 bits per heavy atom. The third-order valence-corrected chi connectivity index (χ3v) is 3.35. The number of benzene rings is 1. The lowest BCUT2D eigenvalue weighted by atomic mass is 10.3. The molecule has 1 atom stereocenters. The maximum Gasteiger partial charge on any atom is 0.492 e. The highest BCUT2D eigenvalue weighted by Crippen LogP contribution is 2.23. The number of carbonyl (C=O) groups excluding carboxylic acids is 1. The highest BCUT2D eigenvalue weighted by molar-refractivity contribution is 7.84. The number of aromatic nitrogens is 2. The number of alkyl halides is 3. The summed E-state index contributed by atoms with van der Waals surface area (Å²) < 4.78 is 53.7. The summed E-state index contributed by atoms with van der Waals surface area (Å²) >= 11 is 0. The Kier molecular flexibility index (Phi) is 4.81. The molecular weight excluding hydrogens is 323 g/mol. The van der Waals surface area contributed by atoms with Crippen molar-refractivity contribution in [3.8, 4) is 5.75 Å². The molecule has 0 aliphatic carbocycles. The summed E-state index contributed by atoms with van der Waals surface area (Å²) in [5.41, 5.74) is -4.98.